The Morgan fingerprint density at radius 1 is 1.40 bits per heavy atom. The van der Waals surface area contributed by atoms with Crippen molar-refractivity contribution in [2.75, 3.05) is 0 Å². The highest BCUT2D eigenvalue weighted by Gasteiger charge is 1.83. The third kappa shape index (κ3) is 1.91. The van der Waals surface area contributed by atoms with E-state index in [2.05, 4.69) is 16.8 Å². The fraction of sp³-hybridized carbons (Fsp3) is 0.222. The van der Waals surface area contributed by atoms with Gasteiger partial charge in [-0.05, 0) is 24.6 Å². The normalized spacial score (nSPS) is 8.10. The Morgan fingerprint density at radius 2 is 2.10 bits per heavy atom. The van der Waals surface area contributed by atoms with Gasteiger partial charge in [-0.3, -0.25) is 4.98 Å². The molecular weight excluding hydrogens is 122 g/mol. The molecule has 0 fully saturated rings. The molecular formula is C9H9N. The average molecular weight is 131 g/mol. The second kappa shape index (κ2) is 3.68. The molecule has 1 heteroatoms. The van der Waals surface area contributed by atoms with Gasteiger partial charge in [0.1, 0.15) is 0 Å². The summed E-state index contributed by atoms with van der Waals surface area (Å²) in [5, 5.41) is 0. The number of rotatable bonds is 1. The highest BCUT2D eigenvalue weighted by atomic mass is 14.6. The van der Waals surface area contributed by atoms with E-state index in [4.69, 9.17) is 0 Å². The lowest BCUT2D eigenvalue weighted by Gasteiger charge is -1.89. The first-order valence-corrected chi connectivity index (χ1v) is 3.22. The van der Waals surface area contributed by atoms with Crippen molar-refractivity contribution in [3.63, 3.8) is 0 Å². The van der Waals surface area contributed by atoms with Crippen LogP contribution in [0.25, 0.3) is 0 Å². The molecule has 1 heterocycles. The molecule has 0 atom stereocenters. The second-order valence-electron chi connectivity index (χ2n) is 1.96. The molecule has 0 aliphatic heterocycles. The predicted molar refractivity (Wildman–Crippen MR) is 41.4 cm³/mol. The molecule has 0 saturated carbocycles. The maximum absolute atomic E-state index is 3.91. The Bertz CT molecular complexity index is 240. The first kappa shape index (κ1) is 6.82. The Labute approximate surface area is 61.1 Å². The van der Waals surface area contributed by atoms with Crippen LogP contribution in [-0.4, -0.2) is 4.98 Å². The minimum Gasteiger partial charge on any atom is -0.265 e. The van der Waals surface area contributed by atoms with Crippen LogP contribution in [-0.2, 0) is 6.42 Å². The Hall–Kier alpha value is -1.29. The van der Waals surface area contributed by atoms with E-state index in [0.717, 1.165) is 6.42 Å². The van der Waals surface area contributed by atoms with Gasteiger partial charge in [0.25, 0.3) is 0 Å². The molecule has 0 saturated heterocycles. The smallest absolute Gasteiger partial charge is 0.0341 e. The molecule has 0 bridgehead atoms. The zero-order chi connectivity index (χ0) is 7.23. The molecule has 0 radical (unpaired) electrons. The molecule has 0 spiro atoms. The first-order valence-electron chi connectivity index (χ1n) is 3.22. The van der Waals surface area contributed by atoms with Crippen LogP contribution in [0.15, 0.2) is 24.5 Å². The maximum Gasteiger partial charge on any atom is 0.0341 e. The van der Waals surface area contributed by atoms with Gasteiger partial charge in [-0.15, -0.1) is 5.92 Å². The van der Waals surface area contributed by atoms with Crippen LogP contribution in [0.4, 0.5) is 0 Å². The summed E-state index contributed by atoms with van der Waals surface area (Å²) in [5.41, 5.74) is 1.23. The van der Waals surface area contributed by atoms with E-state index in [0.29, 0.717) is 0 Å². The Kier molecular flexibility index (Phi) is 2.51. The molecule has 0 aliphatic carbocycles. The van der Waals surface area contributed by atoms with Crippen molar-refractivity contribution in [1.29, 1.82) is 0 Å². The Balaban J connectivity index is 2.64. The highest BCUT2D eigenvalue weighted by molar-refractivity contribution is 5.17. The third-order valence-corrected chi connectivity index (χ3v) is 1.22. The van der Waals surface area contributed by atoms with E-state index in [-0.39, 0.29) is 0 Å². The van der Waals surface area contributed by atoms with Crippen LogP contribution in [0.3, 0.4) is 0 Å². The number of hydrogen-bond acceptors (Lipinski definition) is 1. The molecule has 0 N–H and O–H groups in total. The zero-order valence-electron chi connectivity index (χ0n) is 5.96. The summed E-state index contributed by atoms with van der Waals surface area (Å²) in [7, 11) is 0. The summed E-state index contributed by atoms with van der Waals surface area (Å²) in [6, 6.07) is 3.95. The molecule has 50 valence electrons. The standard InChI is InChI=1S/C9H9N/c1-2-3-4-9-5-7-10-8-6-9/h5-8H,4H2,1H3. The van der Waals surface area contributed by atoms with Crippen LogP contribution >= 0.6 is 0 Å². The van der Waals surface area contributed by atoms with E-state index in [1.165, 1.54) is 5.56 Å². The van der Waals surface area contributed by atoms with Crippen molar-refractivity contribution >= 4 is 0 Å². The second-order valence-corrected chi connectivity index (χ2v) is 1.96. The van der Waals surface area contributed by atoms with Crippen molar-refractivity contribution in [3.8, 4) is 11.8 Å². The first-order chi connectivity index (χ1) is 4.93. The number of nitrogens with zero attached hydrogens (tertiary/aromatic N) is 1. The summed E-state index contributed by atoms with van der Waals surface area (Å²) in [4.78, 5) is 3.91. The van der Waals surface area contributed by atoms with Crippen LogP contribution < -0.4 is 0 Å². The van der Waals surface area contributed by atoms with Gasteiger partial charge in [0.05, 0.1) is 0 Å². The lowest BCUT2D eigenvalue weighted by Crippen LogP contribution is -1.79. The van der Waals surface area contributed by atoms with Crippen molar-refractivity contribution in [1.82, 2.24) is 4.98 Å². The quantitative estimate of drug-likeness (QED) is 0.528. The SMILES string of the molecule is CC#CCc1ccncc1. The van der Waals surface area contributed by atoms with Gasteiger partial charge < -0.3 is 0 Å². The van der Waals surface area contributed by atoms with E-state index in [1.54, 1.807) is 12.4 Å². The van der Waals surface area contributed by atoms with Crippen molar-refractivity contribution in [2.24, 2.45) is 0 Å². The lowest BCUT2D eigenvalue weighted by atomic mass is 10.2. The summed E-state index contributed by atoms with van der Waals surface area (Å²) in [6.45, 7) is 1.85. The summed E-state index contributed by atoms with van der Waals surface area (Å²) in [6.07, 6.45) is 4.40. The molecule has 0 aromatic carbocycles. The van der Waals surface area contributed by atoms with Crippen molar-refractivity contribution < 1.29 is 0 Å². The van der Waals surface area contributed by atoms with Gasteiger partial charge in [-0.1, -0.05) is 5.92 Å². The fourth-order valence-electron chi connectivity index (χ4n) is 0.691. The third-order valence-electron chi connectivity index (χ3n) is 1.22. The molecule has 0 aliphatic rings. The number of hydrogen-bond donors (Lipinski definition) is 0. The van der Waals surface area contributed by atoms with Gasteiger partial charge in [0.15, 0.2) is 0 Å². The van der Waals surface area contributed by atoms with E-state index in [9.17, 15) is 0 Å². The van der Waals surface area contributed by atoms with Crippen LogP contribution in [0.1, 0.15) is 12.5 Å². The lowest BCUT2D eigenvalue weighted by molar-refractivity contribution is 1.24. The van der Waals surface area contributed by atoms with Crippen LogP contribution in [0.2, 0.25) is 0 Å². The van der Waals surface area contributed by atoms with Gasteiger partial charge in [0, 0.05) is 18.8 Å². The van der Waals surface area contributed by atoms with E-state index < -0.39 is 0 Å². The molecule has 0 unspecified atom stereocenters. The Morgan fingerprint density at radius 3 is 2.70 bits per heavy atom. The highest BCUT2D eigenvalue weighted by Crippen LogP contribution is 1.94. The zero-order valence-corrected chi connectivity index (χ0v) is 5.96. The molecule has 0 amide bonds. The minimum atomic E-state index is 0.832. The topological polar surface area (TPSA) is 12.9 Å². The minimum absolute atomic E-state index is 0.832. The van der Waals surface area contributed by atoms with Crippen LogP contribution in [0, 0.1) is 11.8 Å². The average Bonchev–Trinajstić information content (AvgIpc) is 2.03. The van der Waals surface area contributed by atoms with Crippen LogP contribution in [0.5, 0.6) is 0 Å². The van der Waals surface area contributed by atoms with Crippen molar-refractivity contribution in [3.05, 3.63) is 30.1 Å². The summed E-state index contributed by atoms with van der Waals surface area (Å²) < 4.78 is 0. The van der Waals surface area contributed by atoms with E-state index >= 15 is 0 Å². The van der Waals surface area contributed by atoms with Gasteiger partial charge in [-0.25, -0.2) is 0 Å². The van der Waals surface area contributed by atoms with Crippen molar-refractivity contribution in [2.45, 2.75) is 13.3 Å². The molecule has 1 rings (SSSR count). The molecule has 10 heavy (non-hydrogen) atoms. The largest absolute Gasteiger partial charge is 0.265 e. The van der Waals surface area contributed by atoms with E-state index in [1.807, 2.05) is 19.1 Å². The number of pyridine rings is 1. The number of aromatic nitrogens is 1. The molecule has 1 aromatic rings. The fourth-order valence-corrected chi connectivity index (χ4v) is 0.691. The summed E-state index contributed by atoms with van der Waals surface area (Å²) in [5.74, 6) is 5.83. The van der Waals surface area contributed by atoms with Gasteiger partial charge in [0.2, 0.25) is 0 Å². The monoisotopic (exact) mass is 131 g/mol. The van der Waals surface area contributed by atoms with Gasteiger partial charge in [-0.2, -0.15) is 0 Å². The molecule has 1 nitrogen and oxygen atoms in total. The maximum atomic E-state index is 3.91. The molecule has 1 aromatic heterocycles. The summed E-state index contributed by atoms with van der Waals surface area (Å²) >= 11 is 0. The van der Waals surface area contributed by atoms with Gasteiger partial charge >= 0.3 is 0 Å². The predicted octanol–water partition coefficient (Wildman–Crippen LogP) is 1.65.